The van der Waals surface area contributed by atoms with Gasteiger partial charge in [0.05, 0.1) is 0 Å². The van der Waals surface area contributed by atoms with Crippen LogP contribution in [0, 0.1) is 17.8 Å². The van der Waals surface area contributed by atoms with Gasteiger partial charge in [-0.25, -0.2) is 0 Å². The lowest BCUT2D eigenvalue weighted by Crippen LogP contribution is -2.15. The largest absolute Gasteiger partial charge is 0.303 e. The van der Waals surface area contributed by atoms with Gasteiger partial charge >= 0.3 is 0 Å². The Bertz CT molecular complexity index is 157. The van der Waals surface area contributed by atoms with Gasteiger partial charge in [-0.2, -0.15) is 0 Å². The highest BCUT2D eigenvalue weighted by Crippen LogP contribution is 2.33. The maximum atomic E-state index is 10.2. The molecule has 0 aromatic rings. The van der Waals surface area contributed by atoms with Crippen molar-refractivity contribution >= 4 is 6.29 Å². The monoisotopic (exact) mass is 196 g/mol. The van der Waals surface area contributed by atoms with Crippen LogP contribution >= 0.6 is 0 Å². The maximum absolute atomic E-state index is 10.2. The third kappa shape index (κ3) is 4.26. The summed E-state index contributed by atoms with van der Waals surface area (Å²) >= 11 is 0. The summed E-state index contributed by atoms with van der Waals surface area (Å²) in [5.74, 6) is 2.66. The molecule has 1 nitrogen and oxygen atoms in total. The predicted molar refractivity (Wildman–Crippen MR) is 60.2 cm³/mol. The molecule has 1 aliphatic rings. The standard InChI is InChI=1S/C13H24O/c1-11-5-7-13(8-6-11)10-12(2)4-3-9-14/h9,11-13H,3-8,10H2,1-2H3. The van der Waals surface area contributed by atoms with Gasteiger partial charge in [-0.3, -0.25) is 0 Å². The van der Waals surface area contributed by atoms with E-state index < -0.39 is 0 Å². The van der Waals surface area contributed by atoms with Gasteiger partial charge < -0.3 is 4.79 Å². The minimum atomic E-state index is 0.749. The normalized spacial score (nSPS) is 29.9. The average molecular weight is 196 g/mol. The minimum absolute atomic E-state index is 0.749. The molecular weight excluding hydrogens is 172 g/mol. The second kappa shape index (κ2) is 6.21. The van der Waals surface area contributed by atoms with Crippen LogP contribution in [-0.2, 0) is 4.79 Å². The van der Waals surface area contributed by atoms with Crippen LogP contribution in [0.1, 0.15) is 58.8 Å². The molecule has 0 aliphatic heterocycles. The number of aldehydes is 1. The van der Waals surface area contributed by atoms with Crippen molar-refractivity contribution in [3.05, 3.63) is 0 Å². The van der Waals surface area contributed by atoms with Crippen molar-refractivity contribution < 1.29 is 4.79 Å². The molecule has 0 radical (unpaired) electrons. The molecule has 1 unspecified atom stereocenters. The molecule has 1 aliphatic carbocycles. The Morgan fingerprint density at radius 2 is 1.93 bits per heavy atom. The molecule has 1 rings (SSSR count). The first-order valence-electron chi connectivity index (χ1n) is 6.16. The summed E-state index contributed by atoms with van der Waals surface area (Å²) in [6.45, 7) is 4.66. The van der Waals surface area contributed by atoms with Gasteiger partial charge in [-0.1, -0.05) is 39.5 Å². The summed E-state index contributed by atoms with van der Waals surface area (Å²) < 4.78 is 0. The lowest BCUT2D eigenvalue weighted by Gasteiger charge is -2.28. The molecule has 1 heteroatoms. The van der Waals surface area contributed by atoms with Gasteiger partial charge in [-0.05, 0) is 30.6 Å². The molecule has 0 saturated heterocycles. The fourth-order valence-electron chi connectivity index (χ4n) is 2.60. The van der Waals surface area contributed by atoms with Crippen molar-refractivity contribution in [1.29, 1.82) is 0 Å². The summed E-state index contributed by atoms with van der Waals surface area (Å²) in [7, 11) is 0. The topological polar surface area (TPSA) is 17.1 Å². The van der Waals surface area contributed by atoms with Crippen molar-refractivity contribution in [3.8, 4) is 0 Å². The molecule has 1 fully saturated rings. The fraction of sp³-hybridized carbons (Fsp3) is 0.923. The van der Waals surface area contributed by atoms with E-state index in [4.69, 9.17) is 0 Å². The van der Waals surface area contributed by atoms with Gasteiger partial charge in [0.15, 0.2) is 0 Å². The summed E-state index contributed by atoms with van der Waals surface area (Å²) in [6.07, 6.45) is 9.94. The molecule has 82 valence electrons. The van der Waals surface area contributed by atoms with Crippen molar-refractivity contribution in [2.75, 3.05) is 0 Å². The zero-order valence-electron chi connectivity index (χ0n) is 9.67. The second-order valence-electron chi connectivity index (χ2n) is 5.21. The van der Waals surface area contributed by atoms with E-state index in [1.807, 2.05) is 0 Å². The molecule has 0 amide bonds. The van der Waals surface area contributed by atoms with Gasteiger partial charge in [-0.15, -0.1) is 0 Å². The van der Waals surface area contributed by atoms with E-state index in [9.17, 15) is 4.79 Å². The Morgan fingerprint density at radius 3 is 2.50 bits per heavy atom. The average Bonchev–Trinajstić information content (AvgIpc) is 2.18. The highest BCUT2D eigenvalue weighted by atomic mass is 16.1. The Balaban J connectivity index is 2.13. The first kappa shape index (κ1) is 11.7. The van der Waals surface area contributed by atoms with Crippen LogP contribution in [-0.4, -0.2) is 6.29 Å². The SMILES string of the molecule is CC1CCC(CC(C)CCC=O)CC1. The smallest absolute Gasteiger partial charge is 0.120 e. The molecular formula is C13H24O. The van der Waals surface area contributed by atoms with Crippen LogP contribution in [0.2, 0.25) is 0 Å². The first-order valence-corrected chi connectivity index (χ1v) is 6.16. The fourth-order valence-corrected chi connectivity index (χ4v) is 2.60. The van der Waals surface area contributed by atoms with Crippen LogP contribution in [0.25, 0.3) is 0 Å². The van der Waals surface area contributed by atoms with E-state index in [1.54, 1.807) is 0 Å². The van der Waals surface area contributed by atoms with E-state index in [-0.39, 0.29) is 0 Å². The number of rotatable bonds is 5. The van der Waals surface area contributed by atoms with Crippen LogP contribution < -0.4 is 0 Å². The predicted octanol–water partition coefficient (Wildman–Crippen LogP) is 3.82. The number of hydrogen-bond acceptors (Lipinski definition) is 1. The Hall–Kier alpha value is -0.330. The summed E-state index contributed by atoms with van der Waals surface area (Å²) in [6, 6.07) is 0. The van der Waals surface area contributed by atoms with Crippen molar-refractivity contribution in [1.82, 2.24) is 0 Å². The molecule has 14 heavy (non-hydrogen) atoms. The second-order valence-corrected chi connectivity index (χ2v) is 5.21. The van der Waals surface area contributed by atoms with Gasteiger partial charge in [0.25, 0.3) is 0 Å². The molecule has 1 atom stereocenters. The molecule has 0 spiro atoms. The lowest BCUT2D eigenvalue weighted by molar-refractivity contribution is -0.108. The van der Waals surface area contributed by atoms with Crippen molar-refractivity contribution in [3.63, 3.8) is 0 Å². The van der Waals surface area contributed by atoms with Gasteiger partial charge in [0.1, 0.15) is 6.29 Å². The van der Waals surface area contributed by atoms with Crippen molar-refractivity contribution in [2.45, 2.75) is 58.8 Å². The minimum Gasteiger partial charge on any atom is -0.303 e. The van der Waals surface area contributed by atoms with E-state index in [2.05, 4.69) is 13.8 Å². The molecule has 0 aromatic carbocycles. The maximum Gasteiger partial charge on any atom is 0.120 e. The van der Waals surface area contributed by atoms with Gasteiger partial charge in [0, 0.05) is 6.42 Å². The Morgan fingerprint density at radius 1 is 1.29 bits per heavy atom. The summed E-state index contributed by atoms with van der Waals surface area (Å²) in [5.41, 5.74) is 0. The highest BCUT2D eigenvalue weighted by Gasteiger charge is 2.19. The first-order chi connectivity index (χ1) is 6.72. The Kier molecular flexibility index (Phi) is 5.21. The number of hydrogen-bond donors (Lipinski definition) is 0. The third-order valence-corrected chi connectivity index (χ3v) is 3.65. The molecule has 0 bridgehead atoms. The lowest BCUT2D eigenvalue weighted by atomic mass is 9.78. The van der Waals surface area contributed by atoms with E-state index >= 15 is 0 Å². The van der Waals surface area contributed by atoms with Crippen molar-refractivity contribution in [2.24, 2.45) is 17.8 Å². The molecule has 0 heterocycles. The quantitative estimate of drug-likeness (QED) is 0.611. The zero-order chi connectivity index (χ0) is 10.4. The van der Waals surface area contributed by atoms with E-state index in [0.29, 0.717) is 0 Å². The highest BCUT2D eigenvalue weighted by molar-refractivity contribution is 5.49. The summed E-state index contributed by atoms with van der Waals surface area (Å²) in [5, 5.41) is 0. The van der Waals surface area contributed by atoms with Gasteiger partial charge in [0.2, 0.25) is 0 Å². The molecule has 0 aromatic heterocycles. The third-order valence-electron chi connectivity index (χ3n) is 3.65. The van der Waals surface area contributed by atoms with Crippen LogP contribution in [0.5, 0.6) is 0 Å². The van der Waals surface area contributed by atoms with Crippen LogP contribution in [0.15, 0.2) is 0 Å². The molecule has 1 saturated carbocycles. The number of carbonyl (C=O) groups is 1. The summed E-state index contributed by atoms with van der Waals surface area (Å²) in [4.78, 5) is 10.2. The van der Waals surface area contributed by atoms with E-state index in [1.165, 1.54) is 32.1 Å². The Labute approximate surface area is 88.3 Å². The van der Waals surface area contributed by atoms with E-state index in [0.717, 1.165) is 36.9 Å². The van der Waals surface area contributed by atoms with Crippen LogP contribution in [0.4, 0.5) is 0 Å². The number of carbonyl (C=O) groups excluding carboxylic acids is 1. The van der Waals surface area contributed by atoms with Crippen LogP contribution in [0.3, 0.4) is 0 Å². The zero-order valence-corrected chi connectivity index (χ0v) is 9.67. The molecule has 0 N–H and O–H groups in total.